The highest BCUT2D eigenvalue weighted by atomic mass is 16.5. The quantitative estimate of drug-likeness (QED) is 0.533. The number of carbonyl (C=O) groups excluding carboxylic acids is 2. The molecular formula is C10H11NO3. The van der Waals surface area contributed by atoms with Gasteiger partial charge < -0.3 is 4.74 Å². The second-order valence-electron chi connectivity index (χ2n) is 2.89. The van der Waals surface area contributed by atoms with E-state index in [4.69, 9.17) is 4.74 Å². The molecule has 0 amide bonds. The SMILES string of the molecule is COc1ccc(C(=O)CC(C)=O)cn1. The monoisotopic (exact) mass is 193 g/mol. The highest BCUT2D eigenvalue weighted by molar-refractivity contribution is 6.07. The van der Waals surface area contributed by atoms with E-state index in [1.54, 1.807) is 12.1 Å². The van der Waals surface area contributed by atoms with Crippen LogP contribution in [0, 0.1) is 0 Å². The van der Waals surface area contributed by atoms with Gasteiger partial charge in [-0.25, -0.2) is 4.98 Å². The minimum atomic E-state index is -0.215. The van der Waals surface area contributed by atoms with Gasteiger partial charge in [0.2, 0.25) is 5.88 Å². The van der Waals surface area contributed by atoms with Gasteiger partial charge in [0, 0.05) is 17.8 Å². The summed E-state index contributed by atoms with van der Waals surface area (Å²) in [5, 5.41) is 0. The molecule has 0 radical (unpaired) electrons. The molecule has 0 aromatic carbocycles. The second-order valence-corrected chi connectivity index (χ2v) is 2.89. The summed E-state index contributed by atoms with van der Waals surface area (Å²) in [6.45, 7) is 1.38. The van der Waals surface area contributed by atoms with Crippen molar-refractivity contribution in [2.24, 2.45) is 0 Å². The van der Waals surface area contributed by atoms with Crippen molar-refractivity contribution in [2.45, 2.75) is 13.3 Å². The fourth-order valence-electron chi connectivity index (χ4n) is 0.994. The molecule has 0 fully saturated rings. The van der Waals surface area contributed by atoms with E-state index in [0.717, 1.165) is 0 Å². The summed E-state index contributed by atoms with van der Waals surface area (Å²) in [7, 11) is 1.50. The molecule has 4 nitrogen and oxygen atoms in total. The number of methoxy groups -OCH3 is 1. The number of aromatic nitrogens is 1. The Kier molecular flexibility index (Phi) is 3.34. The van der Waals surface area contributed by atoms with Crippen LogP contribution in [0.3, 0.4) is 0 Å². The van der Waals surface area contributed by atoms with Crippen LogP contribution in [0.5, 0.6) is 5.88 Å². The number of carbonyl (C=O) groups is 2. The topological polar surface area (TPSA) is 56.3 Å². The van der Waals surface area contributed by atoms with Crippen LogP contribution in [-0.2, 0) is 4.79 Å². The summed E-state index contributed by atoms with van der Waals surface area (Å²) >= 11 is 0. The van der Waals surface area contributed by atoms with Crippen molar-refractivity contribution >= 4 is 11.6 Å². The standard InChI is InChI=1S/C10H11NO3/c1-7(12)5-9(13)8-3-4-10(14-2)11-6-8/h3-4,6H,5H2,1-2H3. The van der Waals surface area contributed by atoms with E-state index in [1.165, 1.54) is 20.2 Å². The van der Waals surface area contributed by atoms with Crippen molar-refractivity contribution in [1.82, 2.24) is 4.98 Å². The van der Waals surface area contributed by atoms with Crippen LogP contribution >= 0.6 is 0 Å². The van der Waals surface area contributed by atoms with Gasteiger partial charge in [0.15, 0.2) is 5.78 Å². The average Bonchev–Trinajstić information content (AvgIpc) is 2.17. The summed E-state index contributed by atoms with van der Waals surface area (Å²) in [5.74, 6) is 0.0860. The van der Waals surface area contributed by atoms with Crippen LogP contribution < -0.4 is 4.74 Å². The summed E-state index contributed by atoms with van der Waals surface area (Å²) in [5.41, 5.74) is 0.431. The minimum absolute atomic E-state index is 0.0754. The summed E-state index contributed by atoms with van der Waals surface area (Å²) in [6, 6.07) is 3.18. The molecule has 0 N–H and O–H groups in total. The number of hydrogen-bond donors (Lipinski definition) is 0. The van der Waals surface area contributed by atoms with Gasteiger partial charge in [-0.15, -0.1) is 0 Å². The van der Waals surface area contributed by atoms with E-state index < -0.39 is 0 Å². The fraction of sp³-hybridized carbons (Fsp3) is 0.300. The molecule has 0 aliphatic heterocycles. The average molecular weight is 193 g/mol. The van der Waals surface area contributed by atoms with Gasteiger partial charge in [0.05, 0.1) is 13.5 Å². The van der Waals surface area contributed by atoms with Gasteiger partial charge in [-0.05, 0) is 13.0 Å². The molecule has 1 aromatic heterocycles. The van der Waals surface area contributed by atoms with Crippen molar-refractivity contribution in [2.75, 3.05) is 7.11 Å². The van der Waals surface area contributed by atoms with Crippen LogP contribution in [0.15, 0.2) is 18.3 Å². The van der Waals surface area contributed by atoms with Gasteiger partial charge >= 0.3 is 0 Å². The Bertz CT molecular complexity index is 343. The molecule has 14 heavy (non-hydrogen) atoms. The smallest absolute Gasteiger partial charge is 0.212 e. The predicted molar refractivity (Wildman–Crippen MR) is 50.4 cm³/mol. The number of ketones is 2. The fourth-order valence-corrected chi connectivity index (χ4v) is 0.994. The van der Waals surface area contributed by atoms with Crippen LogP contribution in [0.1, 0.15) is 23.7 Å². The zero-order chi connectivity index (χ0) is 10.6. The number of hydrogen-bond acceptors (Lipinski definition) is 4. The Hall–Kier alpha value is -1.71. The van der Waals surface area contributed by atoms with Gasteiger partial charge in [0.1, 0.15) is 5.78 Å². The van der Waals surface area contributed by atoms with Gasteiger partial charge in [-0.3, -0.25) is 9.59 Å². The van der Waals surface area contributed by atoms with E-state index in [9.17, 15) is 9.59 Å². The molecule has 1 rings (SSSR count). The predicted octanol–water partition coefficient (Wildman–Crippen LogP) is 1.25. The molecule has 0 aliphatic rings. The summed E-state index contributed by atoms with van der Waals surface area (Å²) in [4.78, 5) is 25.9. The van der Waals surface area contributed by atoms with E-state index in [0.29, 0.717) is 11.4 Å². The number of Topliss-reactive ketones (excluding diaryl/α,β-unsaturated/α-hetero) is 2. The summed E-state index contributed by atoms with van der Waals surface area (Å²) in [6.07, 6.45) is 1.33. The Morgan fingerprint density at radius 2 is 2.14 bits per heavy atom. The van der Waals surface area contributed by atoms with Crippen LogP contribution in [0.2, 0.25) is 0 Å². The van der Waals surface area contributed by atoms with Crippen molar-refractivity contribution in [3.05, 3.63) is 23.9 Å². The third-order valence-electron chi connectivity index (χ3n) is 1.68. The molecule has 0 unspecified atom stereocenters. The van der Waals surface area contributed by atoms with E-state index in [1.807, 2.05) is 0 Å². The van der Waals surface area contributed by atoms with E-state index in [2.05, 4.69) is 4.98 Å². The lowest BCUT2D eigenvalue weighted by molar-refractivity contribution is -0.116. The van der Waals surface area contributed by atoms with Gasteiger partial charge in [-0.1, -0.05) is 0 Å². The van der Waals surface area contributed by atoms with Crippen molar-refractivity contribution in [1.29, 1.82) is 0 Å². The maximum absolute atomic E-state index is 11.4. The number of rotatable bonds is 4. The Labute approximate surface area is 81.9 Å². The molecule has 1 aromatic rings. The second kappa shape index (κ2) is 4.50. The van der Waals surface area contributed by atoms with Crippen molar-refractivity contribution in [3.63, 3.8) is 0 Å². The van der Waals surface area contributed by atoms with E-state index >= 15 is 0 Å². The van der Waals surface area contributed by atoms with Crippen LogP contribution in [-0.4, -0.2) is 23.7 Å². The van der Waals surface area contributed by atoms with Crippen molar-refractivity contribution in [3.8, 4) is 5.88 Å². The molecule has 0 spiro atoms. The zero-order valence-corrected chi connectivity index (χ0v) is 8.11. The molecule has 0 atom stereocenters. The molecule has 0 bridgehead atoms. The zero-order valence-electron chi connectivity index (χ0n) is 8.11. The molecule has 0 saturated heterocycles. The van der Waals surface area contributed by atoms with Gasteiger partial charge in [0.25, 0.3) is 0 Å². The third-order valence-corrected chi connectivity index (χ3v) is 1.68. The van der Waals surface area contributed by atoms with E-state index in [-0.39, 0.29) is 18.0 Å². The highest BCUT2D eigenvalue weighted by Gasteiger charge is 2.08. The highest BCUT2D eigenvalue weighted by Crippen LogP contribution is 2.08. The molecule has 0 saturated carbocycles. The first-order chi connectivity index (χ1) is 6.63. The molecule has 74 valence electrons. The Morgan fingerprint density at radius 1 is 1.43 bits per heavy atom. The largest absolute Gasteiger partial charge is 0.481 e. The lowest BCUT2D eigenvalue weighted by Crippen LogP contribution is -2.05. The first-order valence-corrected chi connectivity index (χ1v) is 4.16. The Morgan fingerprint density at radius 3 is 2.57 bits per heavy atom. The number of pyridine rings is 1. The lowest BCUT2D eigenvalue weighted by Gasteiger charge is -2.00. The number of nitrogens with zero attached hydrogens (tertiary/aromatic N) is 1. The normalized spacial score (nSPS) is 9.57. The van der Waals surface area contributed by atoms with Crippen LogP contribution in [0.25, 0.3) is 0 Å². The molecular weight excluding hydrogens is 182 g/mol. The Balaban J connectivity index is 2.76. The lowest BCUT2D eigenvalue weighted by atomic mass is 10.1. The number of ether oxygens (including phenoxy) is 1. The third kappa shape index (κ3) is 2.65. The van der Waals surface area contributed by atoms with Crippen molar-refractivity contribution < 1.29 is 14.3 Å². The first kappa shape index (κ1) is 10.4. The summed E-state index contributed by atoms with van der Waals surface area (Å²) < 4.78 is 4.84. The molecule has 1 heterocycles. The minimum Gasteiger partial charge on any atom is -0.481 e. The maximum atomic E-state index is 11.4. The molecule has 0 aliphatic carbocycles. The maximum Gasteiger partial charge on any atom is 0.212 e. The molecule has 4 heteroatoms. The van der Waals surface area contributed by atoms with Gasteiger partial charge in [-0.2, -0.15) is 0 Å². The first-order valence-electron chi connectivity index (χ1n) is 4.16. The van der Waals surface area contributed by atoms with Crippen LogP contribution in [0.4, 0.5) is 0 Å².